The summed E-state index contributed by atoms with van der Waals surface area (Å²) in [7, 11) is 0. The van der Waals surface area contributed by atoms with E-state index in [1.165, 1.54) is 6.92 Å². The third-order valence-electron chi connectivity index (χ3n) is 1.48. The third kappa shape index (κ3) is 2.99. The van der Waals surface area contributed by atoms with Crippen LogP contribution in [0.2, 0.25) is 0 Å². The summed E-state index contributed by atoms with van der Waals surface area (Å²) >= 11 is 0. The van der Waals surface area contributed by atoms with Gasteiger partial charge < -0.3 is 5.32 Å². The van der Waals surface area contributed by atoms with Gasteiger partial charge in [0.2, 0.25) is 5.91 Å². The van der Waals surface area contributed by atoms with Crippen LogP contribution in [0, 0.1) is 18.8 Å². The van der Waals surface area contributed by atoms with Crippen LogP contribution in [0.15, 0.2) is 6.20 Å². The number of aromatic nitrogens is 2. The number of hydrogen-bond donors (Lipinski definition) is 2. The summed E-state index contributed by atoms with van der Waals surface area (Å²) in [4.78, 5) is 10.5. The highest BCUT2D eigenvalue weighted by Crippen LogP contribution is 1.98. The predicted octanol–water partition coefficient (Wildman–Crippen LogP) is 0.206. The van der Waals surface area contributed by atoms with Gasteiger partial charge in [0.1, 0.15) is 0 Å². The van der Waals surface area contributed by atoms with E-state index in [9.17, 15) is 4.79 Å². The van der Waals surface area contributed by atoms with Crippen LogP contribution in [0.4, 0.5) is 0 Å². The van der Waals surface area contributed by atoms with Crippen molar-refractivity contribution in [1.82, 2.24) is 15.5 Å². The molecule has 13 heavy (non-hydrogen) atoms. The molecule has 0 unspecified atom stereocenters. The molecule has 0 aromatic carbocycles. The van der Waals surface area contributed by atoms with E-state index in [-0.39, 0.29) is 5.91 Å². The zero-order valence-electron chi connectivity index (χ0n) is 7.64. The molecule has 0 radical (unpaired) electrons. The van der Waals surface area contributed by atoms with Gasteiger partial charge in [0, 0.05) is 12.6 Å². The van der Waals surface area contributed by atoms with E-state index >= 15 is 0 Å². The average molecular weight is 177 g/mol. The summed E-state index contributed by atoms with van der Waals surface area (Å²) in [5, 5.41) is 9.18. The Labute approximate surface area is 76.7 Å². The third-order valence-corrected chi connectivity index (χ3v) is 1.48. The highest BCUT2D eigenvalue weighted by molar-refractivity contribution is 5.73. The zero-order valence-corrected chi connectivity index (χ0v) is 7.64. The minimum atomic E-state index is -0.0711. The number of rotatable bonds is 1. The normalized spacial score (nSPS) is 8.77. The fraction of sp³-hybridized carbons (Fsp3) is 0.333. The SMILES string of the molecule is CC(=O)NCC#Cc1cn[nH]c1C. The smallest absolute Gasteiger partial charge is 0.217 e. The summed E-state index contributed by atoms with van der Waals surface area (Å²) in [5.41, 5.74) is 1.81. The lowest BCUT2D eigenvalue weighted by molar-refractivity contribution is -0.118. The topological polar surface area (TPSA) is 57.8 Å². The van der Waals surface area contributed by atoms with Crippen molar-refractivity contribution in [3.05, 3.63) is 17.5 Å². The van der Waals surface area contributed by atoms with Crippen molar-refractivity contribution >= 4 is 5.91 Å². The molecule has 0 spiro atoms. The Morgan fingerprint density at radius 3 is 3.08 bits per heavy atom. The molecule has 1 amide bonds. The Balaban J connectivity index is 2.49. The minimum Gasteiger partial charge on any atom is -0.345 e. The lowest BCUT2D eigenvalue weighted by Gasteiger charge is -1.90. The molecule has 4 heteroatoms. The molecule has 1 rings (SSSR count). The number of carbonyl (C=O) groups is 1. The van der Waals surface area contributed by atoms with Gasteiger partial charge in [-0.15, -0.1) is 0 Å². The van der Waals surface area contributed by atoms with E-state index in [4.69, 9.17) is 0 Å². The van der Waals surface area contributed by atoms with Crippen LogP contribution in [0.25, 0.3) is 0 Å². The van der Waals surface area contributed by atoms with E-state index in [1.54, 1.807) is 6.20 Å². The summed E-state index contributed by atoms with van der Waals surface area (Å²) in [6.07, 6.45) is 1.66. The van der Waals surface area contributed by atoms with Gasteiger partial charge in [-0.1, -0.05) is 11.8 Å². The van der Waals surface area contributed by atoms with Crippen LogP contribution in [0.5, 0.6) is 0 Å². The lowest BCUT2D eigenvalue weighted by atomic mass is 10.3. The number of aryl methyl sites for hydroxylation is 1. The first-order chi connectivity index (χ1) is 6.20. The monoisotopic (exact) mass is 177 g/mol. The van der Waals surface area contributed by atoms with Crippen molar-refractivity contribution in [1.29, 1.82) is 0 Å². The van der Waals surface area contributed by atoms with Gasteiger partial charge in [-0.2, -0.15) is 5.10 Å². The Morgan fingerprint density at radius 2 is 2.54 bits per heavy atom. The van der Waals surface area contributed by atoms with Crippen molar-refractivity contribution in [3.8, 4) is 11.8 Å². The maximum Gasteiger partial charge on any atom is 0.217 e. The molecule has 1 aromatic heterocycles. The first kappa shape index (κ1) is 9.33. The van der Waals surface area contributed by atoms with Crippen molar-refractivity contribution in [2.45, 2.75) is 13.8 Å². The fourth-order valence-corrected chi connectivity index (χ4v) is 0.785. The van der Waals surface area contributed by atoms with Crippen LogP contribution in [0.1, 0.15) is 18.2 Å². The number of aromatic amines is 1. The molecule has 0 aliphatic rings. The van der Waals surface area contributed by atoms with Crippen LogP contribution in [0.3, 0.4) is 0 Å². The number of hydrogen-bond acceptors (Lipinski definition) is 2. The Bertz CT molecular complexity index is 356. The van der Waals surface area contributed by atoms with Gasteiger partial charge in [0.15, 0.2) is 0 Å². The highest BCUT2D eigenvalue weighted by atomic mass is 16.1. The average Bonchev–Trinajstić information content (AvgIpc) is 2.45. The molecule has 0 bridgehead atoms. The van der Waals surface area contributed by atoms with Gasteiger partial charge in [0.05, 0.1) is 18.3 Å². The lowest BCUT2D eigenvalue weighted by Crippen LogP contribution is -2.19. The first-order valence-corrected chi connectivity index (χ1v) is 3.93. The zero-order chi connectivity index (χ0) is 9.68. The van der Waals surface area contributed by atoms with Gasteiger partial charge in [0.25, 0.3) is 0 Å². The maximum absolute atomic E-state index is 10.5. The van der Waals surface area contributed by atoms with E-state index in [0.717, 1.165) is 11.3 Å². The van der Waals surface area contributed by atoms with E-state index < -0.39 is 0 Å². The number of amides is 1. The molecule has 0 saturated heterocycles. The molecular formula is C9H11N3O. The number of H-pyrrole nitrogens is 1. The number of nitrogens with one attached hydrogen (secondary N) is 2. The quantitative estimate of drug-likeness (QED) is 0.602. The molecule has 68 valence electrons. The number of carbonyl (C=O) groups excluding carboxylic acids is 1. The van der Waals surface area contributed by atoms with Crippen LogP contribution >= 0.6 is 0 Å². The summed E-state index contributed by atoms with van der Waals surface area (Å²) in [6.45, 7) is 3.74. The molecule has 0 atom stereocenters. The largest absolute Gasteiger partial charge is 0.345 e. The fourth-order valence-electron chi connectivity index (χ4n) is 0.785. The van der Waals surface area contributed by atoms with E-state index in [0.29, 0.717) is 6.54 Å². The highest BCUT2D eigenvalue weighted by Gasteiger charge is 1.93. The second-order valence-electron chi connectivity index (χ2n) is 2.62. The standard InChI is InChI=1S/C9H11N3O/c1-7-9(6-11-12-7)4-3-5-10-8(2)13/h6H,5H2,1-2H3,(H,10,13)(H,11,12). The van der Waals surface area contributed by atoms with Gasteiger partial charge in [-0.3, -0.25) is 9.89 Å². The van der Waals surface area contributed by atoms with Gasteiger partial charge >= 0.3 is 0 Å². The second kappa shape index (κ2) is 4.31. The van der Waals surface area contributed by atoms with E-state index in [1.807, 2.05) is 6.92 Å². The van der Waals surface area contributed by atoms with Crippen LogP contribution in [-0.4, -0.2) is 22.6 Å². The molecule has 0 aliphatic heterocycles. The summed E-state index contributed by atoms with van der Waals surface area (Å²) in [6, 6.07) is 0. The van der Waals surface area contributed by atoms with Crippen molar-refractivity contribution in [2.24, 2.45) is 0 Å². The van der Waals surface area contributed by atoms with Crippen LogP contribution < -0.4 is 5.32 Å². The molecule has 1 aromatic rings. The second-order valence-corrected chi connectivity index (χ2v) is 2.62. The molecule has 1 heterocycles. The first-order valence-electron chi connectivity index (χ1n) is 3.93. The molecular weight excluding hydrogens is 166 g/mol. The Hall–Kier alpha value is -1.76. The molecule has 0 aliphatic carbocycles. The van der Waals surface area contributed by atoms with Gasteiger partial charge in [-0.25, -0.2) is 0 Å². The summed E-state index contributed by atoms with van der Waals surface area (Å²) in [5.74, 6) is 5.64. The predicted molar refractivity (Wildman–Crippen MR) is 48.9 cm³/mol. The molecule has 0 fully saturated rings. The molecule has 2 N–H and O–H groups in total. The minimum absolute atomic E-state index is 0.0711. The molecule has 4 nitrogen and oxygen atoms in total. The Kier molecular flexibility index (Phi) is 3.09. The maximum atomic E-state index is 10.5. The van der Waals surface area contributed by atoms with E-state index in [2.05, 4.69) is 27.4 Å². The van der Waals surface area contributed by atoms with Crippen molar-refractivity contribution < 1.29 is 4.79 Å². The summed E-state index contributed by atoms with van der Waals surface area (Å²) < 4.78 is 0. The van der Waals surface area contributed by atoms with Crippen molar-refractivity contribution in [2.75, 3.05) is 6.54 Å². The Morgan fingerprint density at radius 1 is 1.77 bits per heavy atom. The molecule has 0 saturated carbocycles. The van der Waals surface area contributed by atoms with Crippen LogP contribution in [-0.2, 0) is 4.79 Å². The number of nitrogens with zero attached hydrogens (tertiary/aromatic N) is 1. The van der Waals surface area contributed by atoms with Gasteiger partial charge in [-0.05, 0) is 6.92 Å². The van der Waals surface area contributed by atoms with Crippen molar-refractivity contribution in [3.63, 3.8) is 0 Å².